The maximum absolute atomic E-state index is 13.3. The zero-order valence-corrected chi connectivity index (χ0v) is 21.3. The zero-order valence-electron chi connectivity index (χ0n) is 21.3. The van der Waals surface area contributed by atoms with Crippen LogP contribution in [0.25, 0.3) is 16.6 Å². The fraction of sp³-hybridized carbons (Fsp3) is 0.444. The highest BCUT2D eigenvalue weighted by molar-refractivity contribution is 5.87. The molecule has 35 heavy (non-hydrogen) atoms. The summed E-state index contributed by atoms with van der Waals surface area (Å²) in [4.78, 5) is 26.3. The molecule has 1 atom stereocenters. The van der Waals surface area contributed by atoms with Crippen LogP contribution in [-0.4, -0.2) is 38.0 Å². The van der Waals surface area contributed by atoms with E-state index in [4.69, 9.17) is 5.10 Å². The molecule has 0 saturated carbocycles. The van der Waals surface area contributed by atoms with Crippen LogP contribution >= 0.6 is 0 Å². The van der Waals surface area contributed by atoms with Gasteiger partial charge in [0.15, 0.2) is 5.65 Å². The molecule has 3 aromatic rings. The van der Waals surface area contributed by atoms with Crippen LogP contribution in [0.4, 0.5) is 5.82 Å². The Bertz CT molecular complexity index is 1370. The molecule has 1 aliphatic heterocycles. The van der Waals surface area contributed by atoms with Crippen molar-refractivity contribution in [2.24, 2.45) is 13.0 Å². The average Bonchev–Trinajstić information content (AvgIpc) is 3.48. The van der Waals surface area contributed by atoms with Crippen LogP contribution in [0.2, 0.25) is 0 Å². The molecule has 0 spiro atoms. The highest BCUT2D eigenvalue weighted by atomic mass is 16.2. The first-order valence-corrected chi connectivity index (χ1v) is 12.4. The maximum Gasteiger partial charge on any atom is 0.332 e. The third kappa shape index (κ3) is 5.03. The summed E-state index contributed by atoms with van der Waals surface area (Å²) in [5.74, 6) is 0.915. The van der Waals surface area contributed by atoms with Crippen molar-refractivity contribution in [1.29, 1.82) is 0 Å². The number of allylic oxidation sites excluding steroid dienone is 4. The lowest BCUT2D eigenvalue weighted by Gasteiger charge is -2.15. The van der Waals surface area contributed by atoms with E-state index in [0.717, 1.165) is 30.6 Å². The molecule has 2 N–H and O–H groups in total. The van der Waals surface area contributed by atoms with E-state index in [2.05, 4.69) is 60.9 Å². The summed E-state index contributed by atoms with van der Waals surface area (Å²) < 4.78 is 4.68. The lowest BCUT2D eigenvalue weighted by Crippen LogP contribution is -2.39. The lowest BCUT2D eigenvalue weighted by atomic mass is 10.0. The Morgan fingerprint density at radius 2 is 1.97 bits per heavy atom. The summed E-state index contributed by atoms with van der Waals surface area (Å²) in [6.45, 7) is 10.9. The SMILES string of the molecule is C/C=C\C(=C/C)c1ccc(Cn2nc3c(c2N[C@H]2CCNC2)c(=O)n(C)c(=O)n3CC(C)C)cc1. The van der Waals surface area contributed by atoms with Gasteiger partial charge in [0, 0.05) is 26.2 Å². The van der Waals surface area contributed by atoms with E-state index < -0.39 is 0 Å². The third-order valence-electron chi connectivity index (χ3n) is 6.45. The van der Waals surface area contributed by atoms with Crippen LogP contribution in [0.1, 0.15) is 45.2 Å². The van der Waals surface area contributed by atoms with Crippen molar-refractivity contribution in [3.63, 3.8) is 0 Å². The normalized spacial score (nSPS) is 16.7. The van der Waals surface area contributed by atoms with Crippen molar-refractivity contribution in [3.8, 4) is 0 Å². The number of nitrogens with zero attached hydrogens (tertiary/aromatic N) is 4. The Labute approximate surface area is 206 Å². The Balaban J connectivity index is 1.82. The standard InChI is InChI=1S/C27H36N6O2/c1-6-8-20(7-2)21-11-9-19(10-12-21)17-33-24(29-22-13-14-28-15-22)23-25(30-33)32(16-18(3)4)27(35)31(5)26(23)34/h6-12,18,22,28-29H,13-17H2,1-5H3/b8-6-,20-7+/t22-/m0/s1. The molecule has 8 nitrogen and oxygen atoms in total. The van der Waals surface area contributed by atoms with Crippen molar-refractivity contribution in [3.05, 3.63) is 74.5 Å². The molecular formula is C27H36N6O2. The van der Waals surface area contributed by atoms with Gasteiger partial charge in [-0.1, -0.05) is 56.3 Å². The van der Waals surface area contributed by atoms with Gasteiger partial charge in [0.2, 0.25) is 0 Å². The van der Waals surface area contributed by atoms with Crippen LogP contribution < -0.4 is 21.9 Å². The average molecular weight is 477 g/mol. The second kappa shape index (κ2) is 10.5. The molecule has 1 aliphatic rings. The van der Waals surface area contributed by atoms with Crippen molar-refractivity contribution in [2.75, 3.05) is 18.4 Å². The summed E-state index contributed by atoms with van der Waals surface area (Å²) in [6, 6.07) is 8.60. The summed E-state index contributed by atoms with van der Waals surface area (Å²) in [7, 11) is 1.54. The van der Waals surface area contributed by atoms with Gasteiger partial charge in [-0.2, -0.15) is 5.10 Å². The molecule has 0 unspecified atom stereocenters. The van der Waals surface area contributed by atoms with Gasteiger partial charge in [0.05, 0.1) is 6.54 Å². The molecule has 0 radical (unpaired) electrons. The summed E-state index contributed by atoms with van der Waals surface area (Å²) in [5, 5.41) is 12.2. The number of anilines is 1. The lowest BCUT2D eigenvalue weighted by molar-refractivity contribution is 0.498. The van der Waals surface area contributed by atoms with E-state index in [1.165, 1.54) is 10.1 Å². The molecule has 2 aromatic heterocycles. The molecule has 0 bridgehead atoms. The van der Waals surface area contributed by atoms with Gasteiger partial charge in [-0.25, -0.2) is 9.48 Å². The minimum Gasteiger partial charge on any atom is -0.365 e. The maximum atomic E-state index is 13.3. The van der Waals surface area contributed by atoms with Gasteiger partial charge >= 0.3 is 5.69 Å². The molecule has 1 fully saturated rings. The Hall–Kier alpha value is -3.39. The fourth-order valence-corrected chi connectivity index (χ4v) is 4.64. The van der Waals surface area contributed by atoms with Crippen LogP contribution in [-0.2, 0) is 20.1 Å². The van der Waals surface area contributed by atoms with Crippen molar-refractivity contribution in [2.45, 2.75) is 53.2 Å². The van der Waals surface area contributed by atoms with Crippen molar-refractivity contribution < 1.29 is 0 Å². The highest BCUT2D eigenvalue weighted by Crippen LogP contribution is 2.24. The van der Waals surface area contributed by atoms with Crippen molar-refractivity contribution >= 4 is 22.4 Å². The molecule has 8 heteroatoms. The van der Waals surface area contributed by atoms with Gasteiger partial charge in [0.1, 0.15) is 11.2 Å². The zero-order chi connectivity index (χ0) is 25.1. The molecule has 0 amide bonds. The first-order valence-electron chi connectivity index (χ1n) is 12.4. The van der Waals surface area contributed by atoms with E-state index >= 15 is 0 Å². The minimum atomic E-state index is -0.331. The Kier molecular flexibility index (Phi) is 7.40. The number of benzene rings is 1. The quantitative estimate of drug-likeness (QED) is 0.487. The number of hydrogen-bond acceptors (Lipinski definition) is 5. The second-order valence-electron chi connectivity index (χ2n) is 9.63. The van der Waals surface area contributed by atoms with Gasteiger partial charge in [-0.15, -0.1) is 0 Å². The summed E-state index contributed by atoms with van der Waals surface area (Å²) >= 11 is 0. The van der Waals surface area contributed by atoms with Gasteiger partial charge < -0.3 is 10.6 Å². The second-order valence-corrected chi connectivity index (χ2v) is 9.63. The third-order valence-corrected chi connectivity index (χ3v) is 6.45. The highest BCUT2D eigenvalue weighted by Gasteiger charge is 2.24. The van der Waals surface area contributed by atoms with Crippen molar-refractivity contribution in [1.82, 2.24) is 24.2 Å². The topological polar surface area (TPSA) is 85.9 Å². The first-order chi connectivity index (χ1) is 16.8. The Morgan fingerprint density at radius 3 is 2.57 bits per heavy atom. The van der Waals surface area contributed by atoms with E-state index in [9.17, 15) is 9.59 Å². The van der Waals surface area contributed by atoms with Gasteiger partial charge in [0.25, 0.3) is 5.56 Å². The van der Waals surface area contributed by atoms with Gasteiger partial charge in [-0.05, 0) is 49.4 Å². The minimum absolute atomic E-state index is 0.198. The number of aromatic nitrogens is 4. The van der Waals surface area contributed by atoms with Gasteiger partial charge in [-0.3, -0.25) is 13.9 Å². The molecule has 1 saturated heterocycles. The largest absolute Gasteiger partial charge is 0.365 e. The van der Waals surface area contributed by atoms with E-state index in [0.29, 0.717) is 29.9 Å². The monoisotopic (exact) mass is 476 g/mol. The molecule has 4 rings (SSSR count). The molecule has 1 aromatic carbocycles. The molecule has 3 heterocycles. The predicted molar refractivity (Wildman–Crippen MR) is 143 cm³/mol. The van der Waals surface area contributed by atoms with E-state index in [-0.39, 0.29) is 23.2 Å². The Morgan fingerprint density at radius 1 is 1.23 bits per heavy atom. The van der Waals surface area contributed by atoms with Crippen LogP contribution in [0, 0.1) is 5.92 Å². The predicted octanol–water partition coefficient (Wildman–Crippen LogP) is 3.35. The molecule has 0 aliphatic carbocycles. The number of hydrogen-bond donors (Lipinski definition) is 2. The fourth-order valence-electron chi connectivity index (χ4n) is 4.64. The van der Waals surface area contributed by atoms with Crippen LogP contribution in [0.15, 0.2) is 52.1 Å². The number of nitrogens with one attached hydrogen (secondary N) is 2. The van der Waals surface area contributed by atoms with Crippen LogP contribution in [0.3, 0.4) is 0 Å². The smallest absolute Gasteiger partial charge is 0.332 e. The first kappa shape index (κ1) is 24.7. The van der Waals surface area contributed by atoms with Crippen LogP contribution in [0.5, 0.6) is 0 Å². The number of rotatable bonds is 8. The summed E-state index contributed by atoms with van der Waals surface area (Å²) in [6.07, 6.45) is 7.18. The van der Waals surface area contributed by atoms with E-state index in [1.807, 2.05) is 24.6 Å². The molecular weight excluding hydrogens is 440 g/mol. The summed E-state index contributed by atoms with van der Waals surface area (Å²) in [5.41, 5.74) is 3.18. The number of fused-ring (bicyclic) bond motifs is 1. The molecule has 186 valence electrons. The van der Waals surface area contributed by atoms with E-state index in [1.54, 1.807) is 11.6 Å².